The van der Waals surface area contributed by atoms with Crippen LogP contribution in [0.4, 0.5) is 10.1 Å². The van der Waals surface area contributed by atoms with Crippen molar-refractivity contribution < 1.29 is 14.3 Å². The zero-order valence-electron chi connectivity index (χ0n) is 17.3. The van der Waals surface area contributed by atoms with Gasteiger partial charge in [0, 0.05) is 30.0 Å². The first-order valence-corrected chi connectivity index (χ1v) is 11.6. The maximum absolute atomic E-state index is 14.1. The van der Waals surface area contributed by atoms with Crippen LogP contribution in [-0.2, 0) is 5.60 Å². The second kappa shape index (κ2) is 8.85. The molecule has 2 atom stereocenters. The van der Waals surface area contributed by atoms with Gasteiger partial charge < -0.3 is 15.3 Å². The number of amides is 1. The predicted octanol–water partition coefficient (Wildman–Crippen LogP) is 3.20. The molecule has 1 aromatic carbocycles. The van der Waals surface area contributed by atoms with Crippen molar-refractivity contribution >= 4 is 23.4 Å². The number of rotatable bonds is 4. The minimum absolute atomic E-state index is 0.00379. The minimum Gasteiger partial charge on any atom is -0.383 e. The fraction of sp³-hybridized carbons (Fsp3) is 0.435. The van der Waals surface area contributed by atoms with E-state index >= 15 is 0 Å². The zero-order chi connectivity index (χ0) is 22.0. The number of carbonyl (C=O) groups excluding carboxylic acids is 1. The molecule has 0 unspecified atom stereocenters. The fourth-order valence-electron chi connectivity index (χ4n) is 4.35. The summed E-state index contributed by atoms with van der Waals surface area (Å²) < 4.78 is 14.1. The molecule has 0 spiro atoms. The van der Waals surface area contributed by atoms with Gasteiger partial charge in [-0.25, -0.2) is 4.39 Å². The van der Waals surface area contributed by atoms with Crippen LogP contribution in [-0.4, -0.2) is 46.1 Å². The van der Waals surface area contributed by atoms with E-state index in [0.717, 1.165) is 24.3 Å². The Balaban J connectivity index is 1.48. The van der Waals surface area contributed by atoms with Gasteiger partial charge in [-0.05, 0) is 62.0 Å². The third-order valence-corrected chi connectivity index (χ3v) is 7.40. The van der Waals surface area contributed by atoms with E-state index in [1.165, 1.54) is 12.1 Å². The molecular weight excluding hydrogens is 415 g/mol. The van der Waals surface area contributed by atoms with E-state index < -0.39 is 11.4 Å². The van der Waals surface area contributed by atoms with Crippen molar-refractivity contribution in [3.63, 3.8) is 0 Å². The predicted molar refractivity (Wildman–Crippen MR) is 118 cm³/mol. The summed E-state index contributed by atoms with van der Waals surface area (Å²) in [5, 5.41) is 23.4. The fourth-order valence-corrected chi connectivity index (χ4v) is 5.45. The Morgan fingerprint density at radius 1 is 1.35 bits per heavy atom. The van der Waals surface area contributed by atoms with E-state index in [0.29, 0.717) is 29.9 Å². The Bertz CT molecular complexity index is 1000. The van der Waals surface area contributed by atoms with E-state index in [1.807, 2.05) is 29.7 Å². The first-order valence-electron chi connectivity index (χ1n) is 10.5. The van der Waals surface area contributed by atoms with Gasteiger partial charge in [-0.3, -0.25) is 9.78 Å². The average molecular weight is 441 g/mol. The topological polar surface area (TPSA) is 89.3 Å². The number of hydrogen-bond donors (Lipinski definition) is 2. The number of nitrogens with zero attached hydrogens (tertiary/aromatic N) is 3. The van der Waals surface area contributed by atoms with E-state index in [1.54, 1.807) is 24.4 Å². The molecule has 6 nitrogen and oxygen atoms in total. The molecule has 1 amide bonds. The molecule has 0 radical (unpaired) electrons. The number of anilines is 1. The van der Waals surface area contributed by atoms with Crippen molar-refractivity contribution in [2.45, 2.75) is 43.9 Å². The number of aliphatic hydroxyl groups is 1. The molecule has 0 aliphatic carbocycles. The molecule has 31 heavy (non-hydrogen) atoms. The second-order valence-electron chi connectivity index (χ2n) is 8.11. The number of pyridine rings is 1. The summed E-state index contributed by atoms with van der Waals surface area (Å²) in [4.78, 5) is 18.7. The van der Waals surface area contributed by atoms with E-state index in [-0.39, 0.29) is 23.6 Å². The van der Waals surface area contributed by atoms with Crippen LogP contribution in [0.5, 0.6) is 0 Å². The normalized spacial score (nSPS) is 24.1. The first-order chi connectivity index (χ1) is 14.9. The number of thioether (sulfide) groups is 1. The van der Waals surface area contributed by atoms with E-state index in [2.05, 4.69) is 10.3 Å². The maximum atomic E-state index is 14.1. The van der Waals surface area contributed by atoms with Gasteiger partial charge in [0.15, 0.2) is 0 Å². The molecule has 2 saturated heterocycles. The first kappa shape index (κ1) is 21.6. The highest BCUT2D eigenvalue weighted by molar-refractivity contribution is 7.99. The van der Waals surface area contributed by atoms with Gasteiger partial charge in [-0.15, -0.1) is 0 Å². The molecule has 2 N–H and O–H groups in total. The van der Waals surface area contributed by atoms with Crippen LogP contribution >= 0.6 is 11.8 Å². The Hall–Kier alpha value is -2.63. The number of aromatic nitrogens is 1. The molecule has 0 bridgehead atoms. The largest absolute Gasteiger partial charge is 0.383 e. The van der Waals surface area contributed by atoms with Crippen LogP contribution in [0.2, 0.25) is 0 Å². The van der Waals surface area contributed by atoms with Crippen LogP contribution in [0.15, 0.2) is 36.5 Å². The van der Waals surface area contributed by atoms with Gasteiger partial charge in [0.1, 0.15) is 23.2 Å². The molecule has 3 heterocycles. The van der Waals surface area contributed by atoms with Crippen LogP contribution in [0.25, 0.3) is 0 Å². The van der Waals surface area contributed by atoms with Crippen molar-refractivity contribution in [3.05, 3.63) is 59.2 Å². The van der Waals surface area contributed by atoms with Gasteiger partial charge in [-0.2, -0.15) is 17.0 Å². The molecule has 2 aromatic rings. The average Bonchev–Trinajstić information content (AvgIpc) is 3.10. The number of hydrogen-bond acceptors (Lipinski definition) is 6. The number of halogens is 1. The van der Waals surface area contributed by atoms with Crippen LogP contribution < -0.4 is 10.2 Å². The maximum Gasteiger partial charge on any atom is 0.270 e. The Morgan fingerprint density at radius 3 is 2.77 bits per heavy atom. The molecule has 0 saturated carbocycles. The lowest BCUT2D eigenvalue weighted by molar-refractivity contribution is 0.0326. The number of nitrogens with one attached hydrogen (secondary N) is 1. The SMILES string of the molecule is C[C@@H]1N(c2ccc(C#N)c(F)c2)CC[C@@]1(O)c1ccc(C(=O)NC2CCSCC2)nc1. The summed E-state index contributed by atoms with van der Waals surface area (Å²) in [5.74, 6) is 1.35. The standard InChI is InChI=1S/C23H25FN4O2S/c1-15-23(30,8-9-28(15)19-4-2-16(13-25)20(24)12-19)17-3-5-21(26-14-17)22(29)27-18-6-10-31-11-7-18/h2-5,12,14-15,18,30H,6-11H2,1H3,(H,27,29)/t15-,23-/m0/s1. The Kier molecular flexibility index (Phi) is 6.17. The Morgan fingerprint density at radius 2 is 2.13 bits per heavy atom. The zero-order valence-corrected chi connectivity index (χ0v) is 18.2. The highest BCUT2D eigenvalue weighted by Crippen LogP contribution is 2.40. The lowest BCUT2D eigenvalue weighted by Crippen LogP contribution is -2.41. The summed E-state index contributed by atoms with van der Waals surface area (Å²) in [7, 11) is 0. The summed E-state index contributed by atoms with van der Waals surface area (Å²) in [6, 6.07) is 9.55. The molecule has 4 rings (SSSR count). The van der Waals surface area contributed by atoms with Crippen molar-refractivity contribution in [3.8, 4) is 6.07 Å². The minimum atomic E-state index is -1.17. The highest BCUT2D eigenvalue weighted by atomic mass is 32.2. The van der Waals surface area contributed by atoms with E-state index in [4.69, 9.17) is 5.26 Å². The van der Waals surface area contributed by atoms with Gasteiger partial charge in [0.25, 0.3) is 5.91 Å². The number of benzene rings is 1. The summed E-state index contributed by atoms with van der Waals surface area (Å²) in [6.45, 7) is 2.41. The molecule has 8 heteroatoms. The van der Waals surface area contributed by atoms with Crippen LogP contribution in [0.3, 0.4) is 0 Å². The highest BCUT2D eigenvalue weighted by Gasteiger charge is 2.45. The van der Waals surface area contributed by atoms with Gasteiger partial charge in [0.2, 0.25) is 0 Å². The lowest BCUT2D eigenvalue weighted by atomic mass is 9.88. The van der Waals surface area contributed by atoms with E-state index in [9.17, 15) is 14.3 Å². The molecule has 2 aliphatic heterocycles. The lowest BCUT2D eigenvalue weighted by Gasteiger charge is -2.32. The quantitative estimate of drug-likeness (QED) is 0.759. The van der Waals surface area contributed by atoms with Crippen LogP contribution in [0, 0.1) is 17.1 Å². The molecule has 2 aliphatic rings. The van der Waals surface area contributed by atoms with Gasteiger partial charge >= 0.3 is 0 Å². The van der Waals surface area contributed by atoms with Gasteiger partial charge in [-0.1, -0.05) is 6.07 Å². The molecule has 162 valence electrons. The van der Waals surface area contributed by atoms with Crippen molar-refractivity contribution in [2.24, 2.45) is 0 Å². The third kappa shape index (κ3) is 4.25. The summed E-state index contributed by atoms with van der Waals surface area (Å²) in [5.41, 5.74) is 0.405. The molecule has 2 fully saturated rings. The monoisotopic (exact) mass is 440 g/mol. The summed E-state index contributed by atoms with van der Waals surface area (Å²) in [6.07, 6.45) is 3.95. The molecule has 1 aromatic heterocycles. The van der Waals surface area contributed by atoms with Crippen LogP contribution in [0.1, 0.15) is 47.8 Å². The second-order valence-corrected chi connectivity index (χ2v) is 9.34. The number of nitriles is 1. The van der Waals surface area contributed by atoms with Crippen molar-refractivity contribution in [2.75, 3.05) is 23.0 Å². The van der Waals surface area contributed by atoms with Crippen molar-refractivity contribution in [1.29, 1.82) is 5.26 Å². The Labute approximate surface area is 185 Å². The van der Waals surface area contributed by atoms with Gasteiger partial charge in [0.05, 0.1) is 11.6 Å². The smallest absolute Gasteiger partial charge is 0.270 e. The third-order valence-electron chi connectivity index (χ3n) is 6.35. The van der Waals surface area contributed by atoms with Crippen molar-refractivity contribution in [1.82, 2.24) is 10.3 Å². The summed E-state index contributed by atoms with van der Waals surface area (Å²) >= 11 is 1.90. The number of carbonyl (C=O) groups is 1. The molecular formula is C23H25FN4O2S.